The molecule has 1 aromatic carbocycles. The minimum absolute atomic E-state index is 0.129. The van der Waals surface area contributed by atoms with Gasteiger partial charge in [0.05, 0.1) is 16.6 Å². The van der Waals surface area contributed by atoms with Crippen molar-refractivity contribution < 1.29 is 0 Å². The van der Waals surface area contributed by atoms with Gasteiger partial charge in [-0.1, -0.05) is 12.1 Å². The third-order valence-corrected chi connectivity index (χ3v) is 6.47. The zero-order valence-electron chi connectivity index (χ0n) is 21.2. The SMILES string of the molecule is CC(=Nc1cc(C)nn1C(C)(C)C)Nc1cccc(C2CCCN(c3ncnc4[nH]ccc34)C2)c1. The average molecular weight is 471 g/mol. The molecule has 2 N–H and O–H groups in total. The Morgan fingerprint density at radius 1 is 1.17 bits per heavy atom. The Kier molecular flexibility index (Phi) is 6.05. The molecule has 0 radical (unpaired) electrons. The van der Waals surface area contributed by atoms with Crippen LogP contribution in [-0.4, -0.2) is 43.7 Å². The summed E-state index contributed by atoms with van der Waals surface area (Å²) < 4.78 is 1.98. The number of nitrogens with one attached hydrogen (secondary N) is 2. The Bertz CT molecular complexity index is 1360. The molecule has 0 spiro atoms. The Morgan fingerprint density at radius 3 is 2.86 bits per heavy atom. The van der Waals surface area contributed by atoms with Crippen LogP contribution in [-0.2, 0) is 5.54 Å². The van der Waals surface area contributed by atoms with Crippen molar-refractivity contribution in [1.29, 1.82) is 0 Å². The van der Waals surface area contributed by atoms with E-state index in [2.05, 4.69) is 81.4 Å². The maximum atomic E-state index is 4.84. The Morgan fingerprint density at radius 2 is 2.03 bits per heavy atom. The highest BCUT2D eigenvalue weighted by Crippen LogP contribution is 2.33. The second-order valence-corrected chi connectivity index (χ2v) is 10.4. The number of nitrogens with zero attached hydrogens (tertiary/aromatic N) is 6. The number of fused-ring (bicyclic) bond motifs is 1. The normalized spacial score (nSPS) is 17.2. The number of aromatic nitrogens is 5. The highest BCUT2D eigenvalue weighted by atomic mass is 15.4. The standard InChI is InChI=1S/C27H34N8/c1-18-14-24(35(33-18)27(3,4)5)32-19(2)31-22-10-6-8-20(15-22)21-9-7-13-34(16-21)26-23-11-12-28-25(23)29-17-30-26/h6,8,10-12,14-15,17,21H,7,9,13,16H2,1-5H3,(H,31,32)(H,28,29,30). The van der Waals surface area contributed by atoms with Crippen molar-refractivity contribution in [1.82, 2.24) is 24.7 Å². The van der Waals surface area contributed by atoms with Gasteiger partial charge in [-0.15, -0.1) is 0 Å². The fourth-order valence-electron chi connectivity index (χ4n) is 4.89. The number of aryl methyl sites for hydroxylation is 1. The molecule has 0 aliphatic carbocycles. The van der Waals surface area contributed by atoms with E-state index in [9.17, 15) is 0 Å². The van der Waals surface area contributed by atoms with Crippen molar-refractivity contribution in [2.75, 3.05) is 23.3 Å². The zero-order chi connectivity index (χ0) is 24.6. The van der Waals surface area contributed by atoms with Crippen molar-refractivity contribution in [3.63, 3.8) is 0 Å². The number of hydrogen-bond donors (Lipinski definition) is 2. The Hall–Kier alpha value is -3.68. The number of rotatable bonds is 4. The van der Waals surface area contributed by atoms with Crippen molar-refractivity contribution in [2.24, 2.45) is 4.99 Å². The average Bonchev–Trinajstić information content (AvgIpc) is 3.45. The molecular weight excluding hydrogens is 436 g/mol. The molecular formula is C27H34N8. The zero-order valence-corrected chi connectivity index (χ0v) is 21.2. The van der Waals surface area contributed by atoms with Crippen LogP contribution in [0.25, 0.3) is 11.0 Å². The molecule has 4 heterocycles. The number of anilines is 2. The summed E-state index contributed by atoms with van der Waals surface area (Å²) in [7, 11) is 0. The molecule has 4 aromatic rings. The number of amidine groups is 1. The van der Waals surface area contributed by atoms with Gasteiger partial charge in [0.25, 0.3) is 0 Å². The van der Waals surface area contributed by atoms with Crippen LogP contribution >= 0.6 is 0 Å². The quantitative estimate of drug-likeness (QED) is 0.292. The third kappa shape index (κ3) is 4.92. The van der Waals surface area contributed by atoms with Gasteiger partial charge in [0.15, 0.2) is 5.82 Å². The second-order valence-electron chi connectivity index (χ2n) is 10.4. The van der Waals surface area contributed by atoms with Gasteiger partial charge in [-0.3, -0.25) is 0 Å². The molecule has 1 saturated heterocycles. The van der Waals surface area contributed by atoms with E-state index in [1.807, 2.05) is 30.8 Å². The second kappa shape index (κ2) is 9.17. The van der Waals surface area contributed by atoms with Gasteiger partial charge in [-0.25, -0.2) is 19.6 Å². The summed E-state index contributed by atoms with van der Waals surface area (Å²) in [5.41, 5.74) is 4.12. The van der Waals surface area contributed by atoms with Crippen LogP contribution in [0.5, 0.6) is 0 Å². The summed E-state index contributed by atoms with van der Waals surface area (Å²) in [4.78, 5) is 19.4. The molecule has 8 nitrogen and oxygen atoms in total. The van der Waals surface area contributed by atoms with E-state index in [-0.39, 0.29) is 5.54 Å². The molecule has 3 aromatic heterocycles. The van der Waals surface area contributed by atoms with Gasteiger partial charge in [0.1, 0.15) is 23.6 Å². The smallest absolute Gasteiger partial charge is 0.153 e. The lowest BCUT2D eigenvalue weighted by Crippen LogP contribution is -2.35. The van der Waals surface area contributed by atoms with Crippen LogP contribution in [0.15, 0.2) is 53.9 Å². The molecule has 5 rings (SSSR count). The molecule has 1 aliphatic heterocycles. The maximum absolute atomic E-state index is 4.84. The number of benzene rings is 1. The first-order valence-corrected chi connectivity index (χ1v) is 12.3. The van der Waals surface area contributed by atoms with Gasteiger partial charge in [-0.2, -0.15) is 5.10 Å². The van der Waals surface area contributed by atoms with E-state index in [1.165, 1.54) is 12.0 Å². The number of hydrogen-bond acceptors (Lipinski definition) is 5. The molecule has 1 aliphatic rings. The van der Waals surface area contributed by atoms with Gasteiger partial charge in [0.2, 0.25) is 0 Å². The molecule has 0 saturated carbocycles. The van der Waals surface area contributed by atoms with E-state index in [0.717, 1.165) is 59.4 Å². The van der Waals surface area contributed by atoms with E-state index < -0.39 is 0 Å². The highest BCUT2D eigenvalue weighted by molar-refractivity contribution is 5.95. The van der Waals surface area contributed by atoms with Crippen LogP contribution in [0, 0.1) is 6.92 Å². The molecule has 1 unspecified atom stereocenters. The topological polar surface area (TPSA) is 87.0 Å². The fourth-order valence-corrected chi connectivity index (χ4v) is 4.89. The van der Waals surface area contributed by atoms with Gasteiger partial charge >= 0.3 is 0 Å². The van der Waals surface area contributed by atoms with Crippen molar-refractivity contribution >= 4 is 34.2 Å². The minimum atomic E-state index is -0.129. The third-order valence-electron chi connectivity index (χ3n) is 6.47. The highest BCUT2D eigenvalue weighted by Gasteiger charge is 2.24. The number of aliphatic imine (C=N–C) groups is 1. The lowest BCUT2D eigenvalue weighted by Gasteiger charge is -2.34. The molecule has 182 valence electrons. The van der Waals surface area contributed by atoms with Crippen molar-refractivity contribution in [3.05, 3.63) is 60.2 Å². The van der Waals surface area contributed by atoms with Crippen LogP contribution in [0.4, 0.5) is 17.3 Å². The van der Waals surface area contributed by atoms with E-state index in [4.69, 9.17) is 4.99 Å². The summed E-state index contributed by atoms with van der Waals surface area (Å²) >= 11 is 0. The van der Waals surface area contributed by atoms with Crippen LogP contribution in [0.1, 0.15) is 57.7 Å². The summed E-state index contributed by atoms with van der Waals surface area (Å²) in [6.45, 7) is 12.4. The first-order chi connectivity index (χ1) is 16.8. The summed E-state index contributed by atoms with van der Waals surface area (Å²) in [5, 5.41) is 9.21. The summed E-state index contributed by atoms with van der Waals surface area (Å²) in [6.07, 6.45) is 5.88. The molecule has 0 bridgehead atoms. The summed E-state index contributed by atoms with van der Waals surface area (Å²) in [6, 6.07) is 12.8. The van der Waals surface area contributed by atoms with Crippen LogP contribution in [0.2, 0.25) is 0 Å². The Balaban J connectivity index is 1.34. The Labute approximate surface area is 206 Å². The molecule has 35 heavy (non-hydrogen) atoms. The molecule has 1 fully saturated rings. The van der Waals surface area contributed by atoms with E-state index in [0.29, 0.717) is 5.92 Å². The molecule has 0 amide bonds. The fraction of sp³-hybridized carbons (Fsp3) is 0.407. The lowest BCUT2D eigenvalue weighted by atomic mass is 9.90. The number of piperidine rings is 1. The van der Waals surface area contributed by atoms with E-state index >= 15 is 0 Å². The molecule has 1 atom stereocenters. The van der Waals surface area contributed by atoms with Crippen LogP contribution < -0.4 is 10.2 Å². The number of aromatic amines is 1. The van der Waals surface area contributed by atoms with Crippen LogP contribution in [0.3, 0.4) is 0 Å². The number of H-pyrrole nitrogens is 1. The first kappa shape index (κ1) is 23.1. The predicted molar refractivity (Wildman–Crippen MR) is 143 cm³/mol. The van der Waals surface area contributed by atoms with Gasteiger partial charge in [0, 0.05) is 37.0 Å². The lowest BCUT2D eigenvalue weighted by molar-refractivity contribution is 0.358. The summed E-state index contributed by atoms with van der Waals surface area (Å²) in [5.74, 6) is 3.16. The largest absolute Gasteiger partial charge is 0.355 e. The predicted octanol–water partition coefficient (Wildman–Crippen LogP) is 5.76. The van der Waals surface area contributed by atoms with Gasteiger partial charge < -0.3 is 15.2 Å². The first-order valence-electron chi connectivity index (χ1n) is 12.3. The van der Waals surface area contributed by atoms with E-state index in [1.54, 1.807) is 6.33 Å². The monoisotopic (exact) mass is 470 g/mol. The van der Waals surface area contributed by atoms with Crippen molar-refractivity contribution in [2.45, 2.75) is 58.9 Å². The van der Waals surface area contributed by atoms with Gasteiger partial charge in [-0.05, 0) is 71.2 Å². The maximum Gasteiger partial charge on any atom is 0.153 e. The molecule has 8 heteroatoms. The van der Waals surface area contributed by atoms with Crippen molar-refractivity contribution in [3.8, 4) is 0 Å². The minimum Gasteiger partial charge on any atom is -0.355 e.